The number of hydrogen-bond acceptors (Lipinski definition) is 4. The van der Waals surface area contributed by atoms with Gasteiger partial charge in [0.1, 0.15) is 0 Å². The molecule has 1 aliphatic heterocycles. The van der Waals surface area contributed by atoms with Crippen LogP contribution in [0.3, 0.4) is 0 Å². The van der Waals surface area contributed by atoms with E-state index in [2.05, 4.69) is 31.4 Å². The lowest BCUT2D eigenvalue weighted by atomic mass is 9.43. The van der Waals surface area contributed by atoms with Crippen molar-refractivity contribution in [1.29, 1.82) is 0 Å². The Morgan fingerprint density at radius 3 is 2.57 bits per heavy atom. The van der Waals surface area contributed by atoms with E-state index >= 15 is 0 Å². The first-order chi connectivity index (χ1) is 17.7. The third-order valence-electron chi connectivity index (χ3n) is 12.8. The lowest BCUT2D eigenvalue weighted by molar-refractivity contribution is -0.174. The molecule has 5 fully saturated rings. The third-order valence-corrected chi connectivity index (χ3v) is 12.8. The molecule has 0 spiro atoms. The molecule has 0 aromatic heterocycles. The molecule has 5 nitrogen and oxygen atoms in total. The molecule has 0 radical (unpaired) electrons. The van der Waals surface area contributed by atoms with Gasteiger partial charge in [-0.05, 0) is 142 Å². The molecule has 5 aliphatic rings. The normalized spacial score (nSPS) is 46.1. The Balaban J connectivity index is 1.11. The van der Waals surface area contributed by atoms with Gasteiger partial charge in [0.15, 0.2) is 0 Å². The maximum absolute atomic E-state index is 12.6. The van der Waals surface area contributed by atoms with E-state index in [0.717, 1.165) is 51.0 Å². The van der Waals surface area contributed by atoms with E-state index in [4.69, 9.17) is 0 Å². The number of fused-ring (bicyclic) bond motifs is 5. The Labute approximate surface area is 226 Å². The topological polar surface area (TPSA) is 81.6 Å². The maximum atomic E-state index is 12.6. The molecule has 1 unspecified atom stereocenters. The number of unbranched alkanes of at least 4 members (excludes halogenated alkanes) is 1. The minimum Gasteiger partial charge on any atom is -0.393 e. The second-order valence-electron chi connectivity index (χ2n) is 14.7. The summed E-state index contributed by atoms with van der Waals surface area (Å²) < 4.78 is 0. The van der Waals surface area contributed by atoms with Crippen molar-refractivity contribution >= 4 is 5.91 Å². The molecule has 1 heterocycles. The Kier molecular flexibility index (Phi) is 8.64. The Morgan fingerprint density at radius 1 is 1.00 bits per heavy atom. The van der Waals surface area contributed by atoms with Crippen LogP contribution in [0.15, 0.2) is 0 Å². The van der Waals surface area contributed by atoms with Crippen molar-refractivity contribution < 1.29 is 15.0 Å². The van der Waals surface area contributed by atoms with Gasteiger partial charge in [0, 0.05) is 13.0 Å². The fraction of sp³-hybridized carbons (Fsp3) is 0.969. The second kappa shape index (κ2) is 11.5. The van der Waals surface area contributed by atoms with Crippen LogP contribution in [0.1, 0.15) is 111 Å². The van der Waals surface area contributed by atoms with Crippen LogP contribution in [0.4, 0.5) is 0 Å². The van der Waals surface area contributed by atoms with Crippen molar-refractivity contribution in [1.82, 2.24) is 10.6 Å². The number of carbonyl (C=O) groups excluding carboxylic acids is 1. The predicted octanol–water partition coefficient (Wildman–Crippen LogP) is 5.29. The second-order valence-corrected chi connectivity index (χ2v) is 14.7. The Hall–Kier alpha value is -0.650. The number of aliphatic hydroxyl groups is 2. The van der Waals surface area contributed by atoms with Crippen molar-refractivity contribution in [2.24, 2.45) is 52.3 Å². The van der Waals surface area contributed by atoms with E-state index in [1.807, 2.05) is 0 Å². The summed E-state index contributed by atoms with van der Waals surface area (Å²) in [4.78, 5) is 12.6. The van der Waals surface area contributed by atoms with E-state index in [-0.39, 0.29) is 18.1 Å². The molecule has 5 rings (SSSR count). The number of carbonyl (C=O) groups is 1. The van der Waals surface area contributed by atoms with Crippen LogP contribution >= 0.6 is 0 Å². The zero-order valence-corrected chi connectivity index (χ0v) is 24.0. The number of rotatable bonds is 9. The lowest BCUT2D eigenvalue weighted by Gasteiger charge is -2.62. The smallest absolute Gasteiger partial charge is 0.220 e. The van der Waals surface area contributed by atoms with Crippen LogP contribution in [-0.2, 0) is 4.79 Å². The van der Waals surface area contributed by atoms with Crippen LogP contribution < -0.4 is 10.6 Å². The van der Waals surface area contributed by atoms with Crippen LogP contribution in [0.2, 0.25) is 0 Å². The van der Waals surface area contributed by atoms with Crippen molar-refractivity contribution in [2.45, 2.75) is 123 Å². The summed E-state index contributed by atoms with van der Waals surface area (Å²) in [6.45, 7) is 10.6. The van der Waals surface area contributed by atoms with E-state index in [9.17, 15) is 15.0 Å². The summed E-state index contributed by atoms with van der Waals surface area (Å²) in [6.07, 6.45) is 15.0. The number of amides is 1. The van der Waals surface area contributed by atoms with Gasteiger partial charge in [0.05, 0.1) is 12.2 Å². The third kappa shape index (κ3) is 5.53. The SMILES string of the molecule is C[C@H](CCC(=O)NCCCCC1CCNC1)[C@H]1CC[C@H]2[C@@H]3[C@@H](O)C[C@@H]4C[C@H](O)CC[C@]4(C)[C@H]3CC[C@]12C. The quantitative estimate of drug-likeness (QED) is 0.314. The van der Waals surface area contributed by atoms with Crippen LogP contribution in [0, 0.1) is 52.3 Å². The molecule has 1 amide bonds. The molecule has 37 heavy (non-hydrogen) atoms. The zero-order valence-electron chi connectivity index (χ0n) is 24.0. The Bertz CT molecular complexity index is 784. The summed E-state index contributed by atoms with van der Waals surface area (Å²) in [7, 11) is 0. The zero-order chi connectivity index (χ0) is 26.2. The summed E-state index contributed by atoms with van der Waals surface area (Å²) >= 11 is 0. The number of hydrogen-bond donors (Lipinski definition) is 4. The van der Waals surface area contributed by atoms with Gasteiger partial charge in [-0.2, -0.15) is 0 Å². The molecule has 212 valence electrons. The highest BCUT2D eigenvalue weighted by Gasteiger charge is 2.62. The summed E-state index contributed by atoms with van der Waals surface area (Å²) in [5.41, 5.74) is 0.588. The van der Waals surface area contributed by atoms with E-state index in [1.165, 1.54) is 58.0 Å². The van der Waals surface area contributed by atoms with Gasteiger partial charge in [-0.15, -0.1) is 0 Å². The monoisotopic (exact) mass is 516 g/mol. The molecule has 4 saturated carbocycles. The molecule has 1 saturated heterocycles. The predicted molar refractivity (Wildman–Crippen MR) is 149 cm³/mol. The summed E-state index contributed by atoms with van der Waals surface area (Å²) in [6, 6.07) is 0. The van der Waals surface area contributed by atoms with E-state index in [0.29, 0.717) is 52.8 Å². The minimum atomic E-state index is -0.206. The highest BCUT2D eigenvalue weighted by Crippen LogP contribution is 2.68. The maximum Gasteiger partial charge on any atom is 0.220 e. The van der Waals surface area contributed by atoms with Crippen molar-refractivity contribution in [3.8, 4) is 0 Å². The largest absolute Gasteiger partial charge is 0.393 e. The summed E-state index contributed by atoms with van der Waals surface area (Å²) in [5.74, 6) is 4.43. The molecule has 5 heteroatoms. The minimum absolute atomic E-state index is 0.168. The first-order valence-electron chi connectivity index (χ1n) is 16.1. The molecular formula is C32H56N2O3. The molecule has 4 N–H and O–H groups in total. The lowest BCUT2D eigenvalue weighted by Crippen LogP contribution is -2.58. The Morgan fingerprint density at radius 2 is 1.78 bits per heavy atom. The first-order valence-corrected chi connectivity index (χ1v) is 16.1. The number of aliphatic hydroxyl groups excluding tert-OH is 2. The molecule has 0 aromatic carbocycles. The van der Waals surface area contributed by atoms with Gasteiger partial charge >= 0.3 is 0 Å². The standard InChI is InChI=1S/C32H56N2O3/c1-21(7-10-29(37)34-16-5-4-6-22-13-17-33-20-22)25-8-9-26-30-27(12-15-32(25,26)3)31(2)14-11-24(35)18-23(31)19-28(30)36/h21-28,30,33,35-36H,4-20H2,1-3H3,(H,34,37)/t21-,22?,23+,24-,25-,26+,27+,28+,30+,31+,32-/m1/s1. The fourth-order valence-corrected chi connectivity index (χ4v) is 10.6. The van der Waals surface area contributed by atoms with Gasteiger partial charge in [0.25, 0.3) is 0 Å². The number of nitrogens with one attached hydrogen (secondary N) is 2. The first kappa shape index (κ1) is 27.9. The van der Waals surface area contributed by atoms with Gasteiger partial charge in [0.2, 0.25) is 5.91 Å². The highest BCUT2D eigenvalue weighted by molar-refractivity contribution is 5.75. The van der Waals surface area contributed by atoms with Crippen LogP contribution in [-0.4, -0.2) is 48.0 Å². The van der Waals surface area contributed by atoms with Crippen molar-refractivity contribution in [2.75, 3.05) is 19.6 Å². The molecule has 11 atom stereocenters. The highest BCUT2D eigenvalue weighted by atomic mass is 16.3. The van der Waals surface area contributed by atoms with Crippen molar-refractivity contribution in [3.05, 3.63) is 0 Å². The fourth-order valence-electron chi connectivity index (χ4n) is 10.6. The average Bonchev–Trinajstić information content (AvgIpc) is 3.51. The van der Waals surface area contributed by atoms with Crippen LogP contribution in [0.5, 0.6) is 0 Å². The van der Waals surface area contributed by atoms with Crippen molar-refractivity contribution in [3.63, 3.8) is 0 Å². The van der Waals surface area contributed by atoms with Gasteiger partial charge in [-0.25, -0.2) is 0 Å². The van der Waals surface area contributed by atoms with Gasteiger partial charge in [-0.1, -0.05) is 27.2 Å². The van der Waals surface area contributed by atoms with Gasteiger partial charge in [-0.3, -0.25) is 4.79 Å². The molecular weight excluding hydrogens is 460 g/mol. The van der Waals surface area contributed by atoms with Gasteiger partial charge < -0.3 is 20.8 Å². The summed E-state index contributed by atoms with van der Waals surface area (Å²) in [5, 5.41) is 28.4. The van der Waals surface area contributed by atoms with Crippen LogP contribution in [0.25, 0.3) is 0 Å². The molecule has 0 bridgehead atoms. The average molecular weight is 517 g/mol. The van der Waals surface area contributed by atoms with E-state index < -0.39 is 0 Å². The molecule has 4 aliphatic carbocycles. The van der Waals surface area contributed by atoms with E-state index in [1.54, 1.807) is 0 Å². The molecule has 0 aromatic rings.